The highest BCUT2D eigenvalue weighted by Crippen LogP contribution is 2.28. The fraction of sp³-hybridized carbons (Fsp3) is 0.565. The van der Waals surface area contributed by atoms with Gasteiger partial charge in [0, 0.05) is 19.4 Å². The Morgan fingerprint density at radius 2 is 2.00 bits per heavy atom. The molecule has 0 amide bonds. The number of aromatic amines is 1. The molecule has 1 aliphatic carbocycles. The molecular weight excluding hydrogens is 404 g/mol. The maximum absolute atomic E-state index is 6.19. The molecule has 0 atom stereocenters. The number of nitrogens with one attached hydrogen (secondary N) is 2. The first kappa shape index (κ1) is 23.7. The van der Waals surface area contributed by atoms with Crippen molar-refractivity contribution >= 4 is 18.4 Å². The van der Waals surface area contributed by atoms with Gasteiger partial charge in [-0.1, -0.05) is 20.3 Å². The summed E-state index contributed by atoms with van der Waals surface area (Å²) in [4.78, 5) is 19.1. The van der Waals surface area contributed by atoms with Gasteiger partial charge in [0.05, 0.1) is 29.9 Å². The summed E-state index contributed by atoms with van der Waals surface area (Å²) in [5.41, 5.74) is 3.58. The number of aryl methyl sites for hydroxylation is 1. The monoisotopic (exact) mass is 440 g/mol. The predicted molar refractivity (Wildman–Crippen MR) is 131 cm³/mol. The van der Waals surface area contributed by atoms with Gasteiger partial charge in [-0.3, -0.25) is 15.4 Å². The number of nitrogens with two attached hydrogens (primary N) is 1. The molecule has 3 rings (SSSR count). The van der Waals surface area contributed by atoms with Crippen molar-refractivity contribution in [3.8, 4) is 17.1 Å². The number of aromatic nitrogens is 3. The molecule has 0 radical (unpaired) electrons. The Kier molecular flexibility index (Phi) is 8.61. The number of aliphatic imine (C=N–C) groups is 3. The van der Waals surface area contributed by atoms with Crippen molar-refractivity contribution < 1.29 is 4.74 Å². The lowest BCUT2D eigenvalue weighted by molar-refractivity contribution is 0.153. The Hall–Kier alpha value is -2.94. The molecule has 1 fully saturated rings. The van der Waals surface area contributed by atoms with Crippen LogP contribution in [-0.2, 0) is 6.54 Å². The molecule has 0 bridgehead atoms. The second-order valence-electron chi connectivity index (χ2n) is 8.01. The number of ether oxygens (including phenoxy) is 1. The zero-order chi connectivity index (χ0) is 22.9. The number of hydrogen-bond donors (Lipinski definition) is 3. The van der Waals surface area contributed by atoms with E-state index in [4.69, 9.17) is 15.6 Å². The standard InChI is InChI=1S/C23H36N8O/c1-5-21(25-4)29-22(6-2)27-15-26-14-19-23(30-31(19)24)18-12-13-20(16(3)28-18)32-17-10-8-7-9-11-17/h12-13,17,26,30H,4-11,14-15,24H2,1-3H3. The van der Waals surface area contributed by atoms with Gasteiger partial charge in [0.2, 0.25) is 0 Å². The van der Waals surface area contributed by atoms with E-state index in [0.717, 1.165) is 60.0 Å². The molecule has 0 unspecified atom stereocenters. The second kappa shape index (κ2) is 11.6. The molecule has 0 saturated heterocycles. The first-order chi connectivity index (χ1) is 15.5. The molecule has 0 aromatic carbocycles. The van der Waals surface area contributed by atoms with Crippen LogP contribution >= 0.6 is 0 Å². The molecule has 9 nitrogen and oxygen atoms in total. The number of rotatable bonds is 9. The van der Waals surface area contributed by atoms with Gasteiger partial charge in [-0.2, -0.15) is 0 Å². The number of pyridine rings is 1. The first-order valence-corrected chi connectivity index (χ1v) is 11.5. The number of nitrogen functional groups attached to an aromatic ring is 1. The number of hydrogen-bond acceptors (Lipinski definition) is 5. The topological polar surface area (TPSA) is 118 Å². The zero-order valence-corrected chi connectivity index (χ0v) is 19.5. The smallest absolute Gasteiger partial charge is 0.140 e. The van der Waals surface area contributed by atoms with Crippen molar-refractivity contribution in [3.63, 3.8) is 0 Å². The average Bonchev–Trinajstić information content (AvgIpc) is 2.81. The Labute approximate surface area is 190 Å². The molecule has 2 heterocycles. The molecule has 0 aliphatic heterocycles. The van der Waals surface area contributed by atoms with E-state index in [-0.39, 0.29) is 0 Å². The van der Waals surface area contributed by atoms with Crippen LogP contribution in [0.5, 0.6) is 5.75 Å². The highest BCUT2D eigenvalue weighted by atomic mass is 16.5. The predicted octanol–water partition coefficient (Wildman–Crippen LogP) is 3.98. The van der Waals surface area contributed by atoms with E-state index >= 15 is 0 Å². The number of H-pyrrole nitrogens is 1. The van der Waals surface area contributed by atoms with Crippen LogP contribution in [0, 0.1) is 6.92 Å². The van der Waals surface area contributed by atoms with E-state index < -0.39 is 0 Å². The fourth-order valence-corrected chi connectivity index (χ4v) is 3.80. The zero-order valence-electron chi connectivity index (χ0n) is 19.5. The minimum atomic E-state index is 0.309. The molecule has 32 heavy (non-hydrogen) atoms. The van der Waals surface area contributed by atoms with Gasteiger partial charge in [-0.15, -0.1) is 0 Å². The van der Waals surface area contributed by atoms with Gasteiger partial charge in [0.15, 0.2) is 0 Å². The number of nitrogens with zero attached hydrogens (tertiary/aromatic N) is 5. The van der Waals surface area contributed by atoms with Crippen LogP contribution in [0.25, 0.3) is 11.4 Å². The maximum atomic E-state index is 6.19. The Morgan fingerprint density at radius 3 is 2.62 bits per heavy atom. The largest absolute Gasteiger partial charge is 0.489 e. The summed E-state index contributed by atoms with van der Waals surface area (Å²) in [6, 6.07) is 4.00. The van der Waals surface area contributed by atoms with E-state index in [1.54, 1.807) is 0 Å². The van der Waals surface area contributed by atoms with Crippen LogP contribution < -0.4 is 15.9 Å². The molecular formula is C23H36N8O. The lowest BCUT2D eigenvalue weighted by atomic mass is 9.98. The van der Waals surface area contributed by atoms with E-state index in [1.807, 2.05) is 32.9 Å². The second-order valence-corrected chi connectivity index (χ2v) is 8.01. The third-order valence-electron chi connectivity index (χ3n) is 5.69. The molecule has 4 N–H and O–H groups in total. The summed E-state index contributed by atoms with van der Waals surface area (Å²) in [5.74, 6) is 8.32. The Balaban J connectivity index is 1.60. The summed E-state index contributed by atoms with van der Waals surface area (Å²) >= 11 is 0. The van der Waals surface area contributed by atoms with Crippen molar-refractivity contribution in [3.05, 3.63) is 23.5 Å². The molecule has 2 aromatic rings. The molecule has 1 saturated carbocycles. The lowest BCUT2D eigenvalue weighted by Gasteiger charge is -2.24. The molecule has 0 spiro atoms. The van der Waals surface area contributed by atoms with Crippen LogP contribution in [0.4, 0.5) is 0 Å². The number of amidine groups is 2. The van der Waals surface area contributed by atoms with Gasteiger partial charge in [-0.25, -0.2) is 19.8 Å². The van der Waals surface area contributed by atoms with Crippen molar-refractivity contribution in [2.75, 3.05) is 12.5 Å². The Morgan fingerprint density at radius 1 is 1.25 bits per heavy atom. The van der Waals surface area contributed by atoms with Crippen molar-refractivity contribution in [1.82, 2.24) is 20.2 Å². The van der Waals surface area contributed by atoms with Crippen LogP contribution in [0.2, 0.25) is 0 Å². The third kappa shape index (κ3) is 6.06. The van der Waals surface area contributed by atoms with Gasteiger partial charge in [0.25, 0.3) is 0 Å². The van der Waals surface area contributed by atoms with Crippen LogP contribution in [0.15, 0.2) is 27.1 Å². The van der Waals surface area contributed by atoms with Crippen LogP contribution in [0.1, 0.15) is 70.2 Å². The summed E-state index contributed by atoms with van der Waals surface area (Å²) in [6.45, 7) is 10.5. The summed E-state index contributed by atoms with van der Waals surface area (Å²) in [5, 5.41) is 6.41. The van der Waals surface area contributed by atoms with Gasteiger partial charge < -0.3 is 10.6 Å². The van der Waals surface area contributed by atoms with Crippen molar-refractivity contribution in [1.29, 1.82) is 0 Å². The molecule has 1 aliphatic rings. The molecule has 9 heteroatoms. The molecule has 174 valence electrons. The third-order valence-corrected chi connectivity index (χ3v) is 5.69. The van der Waals surface area contributed by atoms with Gasteiger partial charge in [0.1, 0.15) is 23.1 Å². The quantitative estimate of drug-likeness (QED) is 0.236. The SMILES string of the molecule is C=NC(CC)=NC(CC)=NCNCc1c(-c2ccc(OC3CCCCC3)c(C)n2)[nH]n1N. The van der Waals surface area contributed by atoms with Crippen molar-refractivity contribution in [2.45, 2.75) is 78.4 Å². The van der Waals surface area contributed by atoms with Gasteiger partial charge >= 0.3 is 0 Å². The van der Waals surface area contributed by atoms with Crippen LogP contribution in [-0.4, -0.2) is 46.0 Å². The van der Waals surface area contributed by atoms with E-state index in [2.05, 4.69) is 32.1 Å². The average molecular weight is 441 g/mol. The summed E-state index contributed by atoms with van der Waals surface area (Å²) in [6.07, 6.45) is 7.84. The minimum absolute atomic E-state index is 0.309. The minimum Gasteiger partial charge on any atom is -0.489 e. The normalized spacial score (nSPS) is 15.8. The summed E-state index contributed by atoms with van der Waals surface area (Å²) in [7, 11) is 0. The lowest BCUT2D eigenvalue weighted by Crippen LogP contribution is -2.30. The maximum Gasteiger partial charge on any atom is 0.140 e. The van der Waals surface area contributed by atoms with E-state index in [1.165, 1.54) is 24.1 Å². The fourth-order valence-electron chi connectivity index (χ4n) is 3.80. The van der Waals surface area contributed by atoms with E-state index in [0.29, 0.717) is 25.2 Å². The van der Waals surface area contributed by atoms with E-state index in [9.17, 15) is 0 Å². The molecule has 2 aromatic heterocycles. The van der Waals surface area contributed by atoms with Crippen LogP contribution in [0.3, 0.4) is 0 Å². The highest BCUT2D eigenvalue weighted by molar-refractivity contribution is 5.98. The first-order valence-electron chi connectivity index (χ1n) is 11.5. The van der Waals surface area contributed by atoms with Gasteiger partial charge in [-0.05, 0) is 51.5 Å². The highest BCUT2D eigenvalue weighted by Gasteiger charge is 2.19. The Bertz CT molecular complexity index is 949. The summed E-state index contributed by atoms with van der Waals surface area (Å²) < 4.78 is 6.19. The van der Waals surface area contributed by atoms with Crippen molar-refractivity contribution in [2.24, 2.45) is 15.0 Å².